The highest BCUT2D eigenvalue weighted by Crippen LogP contribution is 2.11. The van der Waals surface area contributed by atoms with E-state index in [9.17, 15) is 9.18 Å². The van der Waals surface area contributed by atoms with E-state index in [0.29, 0.717) is 5.56 Å². The molecule has 2 N–H and O–H groups in total. The molecule has 3 heteroatoms. The maximum Gasteiger partial charge on any atom is 0.179 e. The Balaban J connectivity index is 3.13. The lowest BCUT2D eigenvalue weighted by Gasteiger charge is -2.07. The molecule has 2 nitrogen and oxygen atoms in total. The van der Waals surface area contributed by atoms with Crippen LogP contribution >= 0.6 is 0 Å². The third-order valence-corrected chi connectivity index (χ3v) is 1.88. The molecule has 0 bridgehead atoms. The van der Waals surface area contributed by atoms with Crippen molar-refractivity contribution in [2.24, 2.45) is 5.73 Å². The molecule has 1 rings (SSSR count). The number of Topliss-reactive ketones (excluding diaryl/α,β-unsaturated/α-hetero) is 1. The minimum atomic E-state index is -0.583. The zero-order valence-corrected chi connectivity index (χ0v) is 7.67. The van der Waals surface area contributed by atoms with Crippen molar-refractivity contribution in [2.75, 3.05) is 0 Å². The Labute approximate surface area is 76.6 Å². The molecule has 1 atom stereocenters. The van der Waals surface area contributed by atoms with E-state index in [1.54, 1.807) is 19.9 Å². The molecule has 1 aromatic rings. The zero-order chi connectivity index (χ0) is 10.0. The topological polar surface area (TPSA) is 43.1 Å². The molecule has 0 aliphatic rings. The van der Waals surface area contributed by atoms with Crippen molar-refractivity contribution in [3.63, 3.8) is 0 Å². The molecule has 13 heavy (non-hydrogen) atoms. The number of hydrogen-bond donors (Lipinski definition) is 1. The fourth-order valence-electron chi connectivity index (χ4n) is 1.10. The largest absolute Gasteiger partial charge is 0.321 e. The Bertz CT molecular complexity index is 334. The van der Waals surface area contributed by atoms with Crippen molar-refractivity contribution >= 4 is 5.78 Å². The lowest BCUT2D eigenvalue weighted by Crippen LogP contribution is -2.27. The van der Waals surface area contributed by atoms with Gasteiger partial charge in [0.15, 0.2) is 5.78 Å². The number of carbonyl (C=O) groups is 1. The van der Waals surface area contributed by atoms with Crippen LogP contribution in [0.5, 0.6) is 0 Å². The van der Waals surface area contributed by atoms with Gasteiger partial charge in [0.2, 0.25) is 0 Å². The highest BCUT2D eigenvalue weighted by atomic mass is 19.1. The van der Waals surface area contributed by atoms with Crippen molar-refractivity contribution in [1.29, 1.82) is 0 Å². The Morgan fingerprint density at radius 1 is 1.54 bits per heavy atom. The molecule has 0 heterocycles. The van der Waals surface area contributed by atoms with E-state index in [-0.39, 0.29) is 5.78 Å². The maximum absolute atomic E-state index is 12.8. The molecule has 0 aliphatic carbocycles. The number of carbonyl (C=O) groups excluding carboxylic acids is 1. The van der Waals surface area contributed by atoms with Crippen LogP contribution in [0.4, 0.5) is 4.39 Å². The Hall–Kier alpha value is -1.22. The molecule has 0 fully saturated rings. The quantitative estimate of drug-likeness (QED) is 0.705. The van der Waals surface area contributed by atoms with Gasteiger partial charge in [0, 0.05) is 5.56 Å². The van der Waals surface area contributed by atoms with Gasteiger partial charge in [-0.15, -0.1) is 0 Å². The molecular formula is C10H12FNO. The van der Waals surface area contributed by atoms with Crippen molar-refractivity contribution in [3.05, 3.63) is 35.1 Å². The third-order valence-electron chi connectivity index (χ3n) is 1.88. The molecule has 1 aromatic carbocycles. The first kappa shape index (κ1) is 9.86. The van der Waals surface area contributed by atoms with Crippen LogP contribution in [-0.2, 0) is 0 Å². The predicted molar refractivity (Wildman–Crippen MR) is 49.1 cm³/mol. The van der Waals surface area contributed by atoms with Gasteiger partial charge in [0.25, 0.3) is 0 Å². The monoisotopic (exact) mass is 181 g/mol. The van der Waals surface area contributed by atoms with E-state index >= 15 is 0 Å². The van der Waals surface area contributed by atoms with E-state index < -0.39 is 11.9 Å². The molecule has 0 radical (unpaired) electrons. The number of hydrogen-bond acceptors (Lipinski definition) is 2. The van der Waals surface area contributed by atoms with E-state index in [4.69, 9.17) is 5.73 Å². The van der Waals surface area contributed by atoms with Crippen molar-refractivity contribution < 1.29 is 9.18 Å². The van der Waals surface area contributed by atoms with Crippen LogP contribution in [0.3, 0.4) is 0 Å². The first-order chi connectivity index (χ1) is 6.02. The molecule has 0 saturated heterocycles. The van der Waals surface area contributed by atoms with Gasteiger partial charge in [-0.1, -0.05) is 6.07 Å². The average Bonchev–Trinajstić information content (AvgIpc) is 2.08. The van der Waals surface area contributed by atoms with E-state index in [0.717, 1.165) is 5.56 Å². The summed E-state index contributed by atoms with van der Waals surface area (Å²) in [6.45, 7) is 3.35. The van der Waals surface area contributed by atoms with Crippen LogP contribution in [-0.4, -0.2) is 11.8 Å². The number of benzene rings is 1. The van der Waals surface area contributed by atoms with Crippen molar-refractivity contribution in [3.8, 4) is 0 Å². The molecule has 0 aliphatic heterocycles. The second-order valence-electron chi connectivity index (χ2n) is 3.11. The van der Waals surface area contributed by atoms with Gasteiger partial charge >= 0.3 is 0 Å². The maximum atomic E-state index is 12.8. The Morgan fingerprint density at radius 2 is 2.15 bits per heavy atom. The van der Waals surface area contributed by atoms with Gasteiger partial charge in [0.1, 0.15) is 5.82 Å². The second-order valence-corrected chi connectivity index (χ2v) is 3.11. The molecule has 70 valence electrons. The van der Waals surface area contributed by atoms with Crippen LogP contribution in [0.15, 0.2) is 18.2 Å². The molecule has 0 spiro atoms. The van der Waals surface area contributed by atoms with E-state index in [1.807, 2.05) is 0 Å². The van der Waals surface area contributed by atoms with Gasteiger partial charge in [-0.2, -0.15) is 0 Å². The summed E-state index contributed by atoms with van der Waals surface area (Å²) in [4.78, 5) is 11.4. The van der Waals surface area contributed by atoms with Gasteiger partial charge in [-0.3, -0.25) is 4.79 Å². The first-order valence-electron chi connectivity index (χ1n) is 4.08. The standard InChI is InChI=1S/C10H12FNO/c1-6-3-4-8(11)5-9(6)10(13)7(2)12/h3-5,7H,12H2,1-2H3. The van der Waals surface area contributed by atoms with E-state index in [2.05, 4.69) is 0 Å². The average molecular weight is 181 g/mol. The number of aryl methyl sites for hydroxylation is 1. The highest BCUT2D eigenvalue weighted by molar-refractivity contribution is 6.00. The summed E-state index contributed by atoms with van der Waals surface area (Å²) >= 11 is 0. The summed E-state index contributed by atoms with van der Waals surface area (Å²) < 4.78 is 12.8. The first-order valence-corrected chi connectivity index (χ1v) is 4.08. The zero-order valence-electron chi connectivity index (χ0n) is 7.67. The summed E-state index contributed by atoms with van der Waals surface area (Å²) in [5.41, 5.74) is 6.54. The molecule has 0 amide bonds. The Morgan fingerprint density at radius 3 is 2.69 bits per heavy atom. The SMILES string of the molecule is Cc1ccc(F)cc1C(=O)C(C)N. The minimum Gasteiger partial charge on any atom is -0.321 e. The smallest absolute Gasteiger partial charge is 0.179 e. The van der Waals surface area contributed by atoms with Crippen molar-refractivity contribution in [2.45, 2.75) is 19.9 Å². The second kappa shape index (κ2) is 3.66. The van der Waals surface area contributed by atoms with Gasteiger partial charge < -0.3 is 5.73 Å². The number of ketones is 1. The summed E-state index contributed by atoms with van der Waals surface area (Å²) in [6.07, 6.45) is 0. The summed E-state index contributed by atoms with van der Waals surface area (Å²) in [7, 11) is 0. The summed E-state index contributed by atoms with van der Waals surface area (Å²) in [5, 5.41) is 0. The third kappa shape index (κ3) is 2.12. The number of halogens is 1. The minimum absolute atomic E-state index is 0.225. The van der Waals surface area contributed by atoms with Crippen LogP contribution in [0.2, 0.25) is 0 Å². The van der Waals surface area contributed by atoms with Crippen LogP contribution in [0.1, 0.15) is 22.8 Å². The number of nitrogens with two attached hydrogens (primary N) is 1. The molecule has 0 saturated carbocycles. The molecule has 0 aromatic heterocycles. The number of rotatable bonds is 2. The summed E-state index contributed by atoms with van der Waals surface area (Å²) in [6, 6.07) is 3.54. The fourth-order valence-corrected chi connectivity index (χ4v) is 1.10. The Kier molecular flexibility index (Phi) is 2.78. The van der Waals surface area contributed by atoms with Gasteiger partial charge in [0.05, 0.1) is 6.04 Å². The van der Waals surface area contributed by atoms with Gasteiger partial charge in [-0.05, 0) is 31.5 Å². The van der Waals surface area contributed by atoms with Crippen LogP contribution in [0, 0.1) is 12.7 Å². The highest BCUT2D eigenvalue weighted by Gasteiger charge is 2.13. The van der Waals surface area contributed by atoms with E-state index in [1.165, 1.54) is 12.1 Å². The lowest BCUT2D eigenvalue weighted by molar-refractivity contribution is 0.0967. The van der Waals surface area contributed by atoms with Gasteiger partial charge in [-0.25, -0.2) is 4.39 Å². The lowest BCUT2D eigenvalue weighted by atomic mass is 10.0. The molecule has 1 unspecified atom stereocenters. The van der Waals surface area contributed by atoms with Crippen LogP contribution in [0.25, 0.3) is 0 Å². The molecular weight excluding hydrogens is 169 g/mol. The fraction of sp³-hybridized carbons (Fsp3) is 0.300. The normalized spacial score (nSPS) is 12.6. The summed E-state index contributed by atoms with van der Waals surface area (Å²) in [5.74, 6) is -0.633. The van der Waals surface area contributed by atoms with Crippen LogP contribution < -0.4 is 5.73 Å². The van der Waals surface area contributed by atoms with Crippen molar-refractivity contribution in [1.82, 2.24) is 0 Å². The predicted octanol–water partition coefficient (Wildman–Crippen LogP) is 1.66.